The second kappa shape index (κ2) is 4.90. The van der Waals surface area contributed by atoms with E-state index < -0.39 is 0 Å². The molecule has 1 atom stereocenters. The van der Waals surface area contributed by atoms with Gasteiger partial charge in [0, 0.05) is 37.1 Å². The number of hydrogen-bond acceptors (Lipinski definition) is 5. The van der Waals surface area contributed by atoms with Crippen LogP contribution in [0.3, 0.4) is 0 Å². The minimum atomic E-state index is 0.307. The molecule has 1 aliphatic heterocycles. The molecular formula is C12H19N3OS. The van der Waals surface area contributed by atoms with E-state index in [4.69, 9.17) is 5.11 Å². The lowest BCUT2D eigenvalue weighted by atomic mass is 9.95. The molecule has 1 aliphatic carbocycles. The largest absolute Gasteiger partial charge is 0.396 e. The molecule has 1 aromatic rings. The van der Waals surface area contributed by atoms with Crippen LogP contribution in [0.5, 0.6) is 0 Å². The molecule has 2 aliphatic rings. The molecule has 1 saturated heterocycles. The predicted molar refractivity (Wildman–Crippen MR) is 68.5 cm³/mol. The second-order valence-electron chi connectivity index (χ2n) is 5.18. The van der Waals surface area contributed by atoms with Gasteiger partial charge >= 0.3 is 0 Å². The first-order valence-corrected chi connectivity index (χ1v) is 7.33. The molecule has 1 aromatic heterocycles. The maximum atomic E-state index is 9.02. The van der Waals surface area contributed by atoms with Gasteiger partial charge in [-0.1, -0.05) is 0 Å². The van der Waals surface area contributed by atoms with Crippen LogP contribution in [0.1, 0.15) is 43.8 Å². The number of nitrogens with zero attached hydrogens (tertiary/aromatic N) is 3. The second-order valence-corrected chi connectivity index (χ2v) is 5.91. The van der Waals surface area contributed by atoms with Crippen molar-refractivity contribution in [3.05, 3.63) is 5.82 Å². The summed E-state index contributed by atoms with van der Waals surface area (Å²) in [5.41, 5.74) is 0. The van der Waals surface area contributed by atoms with E-state index >= 15 is 0 Å². The molecule has 5 heteroatoms. The van der Waals surface area contributed by atoms with Crippen molar-refractivity contribution in [2.45, 2.75) is 38.0 Å². The monoisotopic (exact) mass is 253 g/mol. The van der Waals surface area contributed by atoms with E-state index in [1.807, 2.05) is 0 Å². The van der Waals surface area contributed by atoms with Gasteiger partial charge in [-0.25, -0.2) is 4.98 Å². The molecule has 0 bridgehead atoms. The molecule has 1 saturated carbocycles. The number of hydrogen-bond donors (Lipinski definition) is 1. The zero-order chi connectivity index (χ0) is 11.7. The SMILES string of the molecule is OCCC1CCCN(c2nc(C3CC3)ns2)C1. The summed E-state index contributed by atoms with van der Waals surface area (Å²) >= 11 is 1.55. The van der Waals surface area contributed by atoms with Crippen LogP contribution >= 0.6 is 11.5 Å². The van der Waals surface area contributed by atoms with E-state index in [9.17, 15) is 0 Å². The van der Waals surface area contributed by atoms with E-state index in [0.717, 1.165) is 30.5 Å². The van der Waals surface area contributed by atoms with Gasteiger partial charge in [0.05, 0.1) is 0 Å². The first kappa shape index (κ1) is 11.4. The highest BCUT2D eigenvalue weighted by Crippen LogP contribution is 2.40. The molecule has 0 amide bonds. The van der Waals surface area contributed by atoms with Crippen molar-refractivity contribution in [3.8, 4) is 0 Å². The Morgan fingerprint density at radius 3 is 3.00 bits per heavy atom. The molecule has 4 nitrogen and oxygen atoms in total. The molecule has 1 N–H and O–H groups in total. The van der Waals surface area contributed by atoms with E-state index in [2.05, 4.69) is 14.3 Å². The molecule has 0 aromatic carbocycles. The number of aliphatic hydroxyl groups excluding tert-OH is 1. The summed E-state index contributed by atoms with van der Waals surface area (Å²) in [6, 6.07) is 0. The summed E-state index contributed by atoms with van der Waals surface area (Å²) in [5.74, 6) is 2.34. The highest BCUT2D eigenvalue weighted by atomic mass is 32.1. The van der Waals surface area contributed by atoms with Crippen LogP contribution in [0.4, 0.5) is 5.13 Å². The van der Waals surface area contributed by atoms with Gasteiger partial charge in [-0.15, -0.1) is 0 Å². The van der Waals surface area contributed by atoms with E-state index in [1.54, 1.807) is 11.5 Å². The van der Waals surface area contributed by atoms with Crippen LogP contribution < -0.4 is 4.90 Å². The first-order valence-electron chi connectivity index (χ1n) is 6.56. The highest BCUT2D eigenvalue weighted by molar-refractivity contribution is 7.09. The third-order valence-corrected chi connectivity index (χ3v) is 4.49. The Balaban J connectivity index is 1.65. The molecule has 3 rings (SSSR count). The fraction of sp³-hybridized carbons (Fsp3) is 0.833. The lowest BCUT2D eigenvalue weighted by Crippen LogP contribution is -2.35. The zero-order valence-electron chi connectivity index (χ0n) is 10.0. The average molecular weight is 253 g/mol. The Morgan fingerprint density at radius 1 is 1.35 bits per heavy atom. The van der Waals surface area contributed by atoms with Crippen molar-refractivity contribution in [3.63, 3.8) is 0 Å². The summed E-state index contributed by atoms with van der Waals surface area (Å²) in [5, 5.41) is 10.1. The Hall–Kier alpha value is -0.680. The molecule has 2 heterocycles. The fourth-order valence-corrected chi connectivity index (χ4v) is 3.30. The Morgan fingerprint density at radius 2 is 2.24 bits per heavy atom. The molecule has 1 unspecified atom stereocenters. The molecule has 94 valence electrons. The lowest BCUT2D eigenvalue weighted by Gasteiger charge is -2.31. The Kier molecular flexibility index (Phi) is 3.29. The topological polar surface area (TPSA) is 49.2 Å². The van der Waals surface area contributed by atoms with Crippen molar-refractivity contribution < 1.29 is 5.11 Å². The maximum absolute atomic E-state index is 9.02. The van der Waals surface area contributed by atoms with Gasteiger partial charge in [0.1, 0.15) is 5.82 Å². The third kappa shape index (κ3) is 2.60. The average Bonchev–Trinajstić information content (AvgIpc) is 3.08. The van der Waals surface area contributed by atoms with Crippen molar-refractivity contribution in [2.75, 3.05) is 24.6 Å². The predicted octanol–water partition coefficient (Wildman–Crippen LogP) is 2.01. The first-order chi connectivity index (χ1) is 8.36. The summed E-state index contributed by atoms with van der Waals surface area (Å²) in [6.07, 6.45) is 5.91. The van der Waals surface area contributed by atoms with Crippen LogP contribution in [0.25, 0.3) is 0 Å². The number of rotatable bonds is 4. The standard InChI is InChI=1S/C12H19N3OS/c16-7-5-9-2-1-6-15(8-9)12-13-11(14-17-12)10-3-4-10/h9-10,16H,1-8H2. The van der Waals surface area contributed by atoms with Crippen LogP contribution in [-0.4, -0.2) is 34.2 Å². The fourth-order valence-electron chi connectivity index (χ4n) is 2.52. The minimum Gasteiger partial charge on any atom is -0.396 e. The van der Waals surface area contributed by atoms with Gasteiger partial charge in [-0.3, -0.25) is 0 Å². The van der Waals surface area contributed by atoms with E-state index in [0.29, 0.717) is 18.4 Å². The van der Waals surface area contributed by atoms with Gasteiger partial charge in [0.2, 0.25) is 5.13 Å². The van der Waals surface area contributed by atoms with Crippen LogP contribution in [0.15, 0.2) is 0 Å². The van der Waals surface area contributed by atoms with Gasteiger partial charge in [0.15, 0.2) is 0 Å². The highest BCUT2D eigenvalue weighted by Gasteiger charge is 2.29. The summed E-state index contributed by atoms with van der Waals surface area (Å²) in [6.45, 7) is 2.45. The van der Waals surface area contributed by atoms with Crippen molar-refractivity contribution in [2.24, 2.45) is 5.92 Å². The van der Waals surface area contributed by atoms with Gasteiger partial charge < -0.3 is 10.0 Å². The van der Waals surface area contributed by atoms with E-state index in [1.165, 1.54) is 25.7 Å². The van der Waals surface area contributed by atoms with Crippen LogP contribution in [0.2, 0.25) is 0 Å². The quantitative estimate of drug-likeness (QED) is 0.892. The molecule has 0 spiro atoms. The maximum Gasteiger partial charge on any atom is 0.205 e. The molecular weight excluding hydrogens is 234 g/mol. The van der Waals surface area contributed by atoms with Crippen LogP contribution in [-0.2, 0) is 0 Å². The normalized spacial score (nSPS) is 25.2. The van der Waals surface area contributed by atoms with Gasteiger partial charge in [0.25, 0.3) is 0 Å². The number of aromatic nitrogens is 2. The van der Waals surface area contributed by atoms with Crippen molar-refractivity contribution in [1.29, 1.82) is 0 Å². The number of aliphatic hydroxyl groups is 1. The Labute approximate surface area is 106 Å². The number of piperidine rings is 1. The summed E-state index contributed by atoms with van der Waals surface area (Å²) in [7, 11) is 0. The van der Waals surface area contributed by atoms with Gasteiger partial charge in [-0.2, -0.15) is 4.37 Å². The smallest absolute Gasteiger partial charge is 0.205 e. The summed E-state index contributed by atoms with van der Waals surface area (Å²) in [4.78, 5) is 7.02. The van der Waals surface area contributed by atoms with Crippen LogP contribution in [0, 0.1) is 5.92 Å². The lowest BCUT2D eigenvalue weighted by molar-refractivity contribution is 0.244. The minimum absolute atomic E-state index is 0.307. The number of anilines is 1. The zero-order valence-corrected chi connectivity index (χ0v) is 10.8. The van der Waals surface area contributed by atoms with Crippen molar-refractivity contribution in [1.82, 2.24) is 9.36 Å². The molecule has 17 heavy (non-hydrogen) atoms. The Bertz CT molecular complexity index is 376. The van der Waals surface area contributed by atoms with Crippen molar-refractivity contribution >= 4 is 16.7 Å². The van der Waals surface area contributed by atoms with Gasteiger partial charge in [-0.05, 0) is 38.0 Å². The van der Waals surface area contributed by atoms with E-state index in [-0.39, 0.29) is 0 Å². The molecule has 2 fully saturated rings. The third-order valence-electron chi connectivity index (χ3n) is 3.70. The molecule has 0 radical (unpaired) electrons. The summed E-state index contributed by atoms with van der Waals surface area (Å²) < 4.78 is 4.46.